The Morgan fingerprint density at radius 2 is 2.24 bits per heavy atom. The summed E-state index contributed by atoms with van der Waals surface area (Å²) in [6.07, 6.45) is 1.18. The Morgan fingerprint density at radius 3 is 2.82 bits per heavy atom. The van der Waals surface area contributed by atoms with Crippen molar-refractivity contribution in [1.82, 2.24) is 4.98 Å². The van der Waals surface area contributed by atoms with Crippen LogP contribution in [0.2, 0.25) is 0 Å². The predicted octanol–water partition coefficient (Wildman–Crippen LogP) is 3.64. The number of hydrogen-bond acceptors (Lipinski definition) is 3. The minimum absolute atomic E-state index is 0.239. The van der Waals surface area contributed by atoms with E-state index in [1.807, 2.05) is 19.9 Å². The fourth-order valence-corrected chi connectivity index (χ4v) is 2.50. The summed E-state index contributed by atoms with van der Waals surface area (Å²) in [5.74, 6) is 1.52. The van der Waals surface area contributed by atoms with E-state index in [0.717, 1.165) is 16.5 Å². The first kappa shape index (κ1) is 14.2. The molecule has 1 atom stereocenters. The maximum absolute atomic E-state index is 11.6. The zero-order valence-corrected chi connectivity index (χ0v) is 11.8. The molecule has 1 rings (SSSR count). The molecule has 1 N–H and O–H groups in total. The number of rotatable bonds is 6. The molecule has 3 nitrogen and oxygen atoms in total. The van der Waals surface area contributed by atoms with E-state index in [1.54, 1.807) is 11.8 Å². The van der Waals surface area contributed by atoms with E-state index in [4.69, 9.17) is 4.74 Å². The summed E-state index contributed by atoms with van der Waals surface area (Å²) in [7, 11) is 0. The van der Waals surface area contributed by atoms with Crippen molar-refractivity contribution >= 4 is 17.7 Å². The van der Waals surface area contributed by atoms with Crippen LogP contribution in [-0.2, 0) is 4.74 Å². The van der Waals surface area contributed by atoms with Crippen LogP contribution in [0.1, 0.15) is 43.2 Å². The highest BCUT2D eigenvalue weighted by Gasteiger charge is 2.14. The maximum Gasteiger partial charge on any atom is 0.339 e. The molecule has 0 saturated carbocycles. The molecule has 0 bridgehead atoms. The minimum atomic E-state index is -0.239. The fraction of sp³-hybridized carbons (Fsp3) is 0.615. The molecular formula is C13H21NO2S. The second-order valence-electron chi connectivity index (χ2n) is 4.22. The number of thioether (sulfide) groups is 1. The summed E-state index contributed by atoms with van der Waals surface area (Å²) in [6.45, 7) is 8.56. The van der Waals surface area contributed by atoms with Crippen molar-refractivity contribution < 1.29 is 9.53 Å². The number of esters is 1. The molecule has 0 aliphatic carbocycles. The van der Waals surface area contributed by atoms with Gasteiger partial charge in [0, 0.05) is 11.4 Å². The largest absolute Gasteiger partial charge is 0.462 e. The number of nitrogens with one attached hydrogen (secondary N) is 1. The first-order valence-electron chi connectivity index (χ1n) is 6.08. The van der Waals surface area contributed by atoms with Crippen molar-refractivity contribution in [3.8, 4) is 0 Å². The van der Waals surface area contributed by atoms with Crippen LogP contribution in [0.15, 0.2) is 11.1 Å². The van der Waals surface area contributed by atoms with Crippen LogP contribution in [-0.4, -0.2) is 23.3 Å². The Hall–Kier alpha value is -0.900. The number of aromatic nitrogens is 1. The Kier molecular flexibility index (Phi) is 5.62. The zero-order valence-electron chi connectivity index (χ0n) is 11.0. The number of aryl methyl sites for hydroxylation is 1. The highest BCUT2D eigenvalue weighted by atomic mass is 32.2. The standard InChI is InChI=1S/C13H21NO2S/c1-5-9(3)8-17-12-7-11(10(4)14-12)13(15)16-6-2/h7,9,14H,5-6,8H2,1-4H3. The van der Waals surface area contributed by atoms with Gasteiger partial charge in [0.05, 0.1) is 17.2 Å². The molecule has 0 saturated heterocycles. The van der Waals surface area contributed by atoms with Crippen molar-refractivity contribution in [3.05, 3.63) is 17.3 Å². The van der Waals surface area contributed by atoms with Gasteiger partial charge in [-0.3, -0.25) is 0 Å². The van der Waals surface area contributed by atoms with Gasteiger partial charge in [-0.2, -0.15) is 0 Å². The van der Waals surface area contributed by atoms with E-state index < -0.39 is 0 Å². The first-order chi connectivity index (χ1) is 8.08. The Labute approximate surface area is 107 Å². The van der Waals surface area contributed by atoms with Gasteiger partial charge in [-0.15, -0.1) is 11.8 Å². The SMILES string of the molecule is CCOC(=O)c1cc(SCC(C)CC)[nH]c1C. The Balaban J connectivity index is 2.64. The van der Waals surface area contributed by atoms with Gasteiger partial charge in [-0.1, -0.05) is 20.3 Å². The van der Waals surface area contributed by atoms with Gasteiger partial charge in [0.2, 0.25) is 0 Å². The van der Waals surface area contributed by atoms with Crippen LogP contribution in [0.25, 0.3) is 0 Å². The van der Waals surface area contributed by atoms with E-state index in [9.17, 15) is 4.79 Å². The van der Waals surface area contributed by atoms with Gasteiger partial charge in [0.1, 0.15) is 0 Å². The monoisotopic (exact) mass is 255 g/mol. The third-order valence-corrected chi connectivity index (χ3v) is 3.97. The highest BCUT2D eigenvalue weighted by Crippen LogP contribution is 2.24. The normalized spacial score (nSPS) is 12.5. The number of carbonyl (C=O) groups excluding carboxylic acids is 1. The average molecular weight is 255 g/mol. The molecule has 0 spiro atoms. The summed E-state index contributed by atoms with van der Waals surface area (Å²) in [5.41, 5.74) is 1.54. The topological polar surface area (TPSA) is 42.1 Å². The predicted molar refractivity (Wildman–Crippen MR) is 71.7 cm³/mol. The van der Waals surface area contributed by atoms with Crippen molar-refractivity contribution in [2.75, 3.05) is 12.4 Å². The second kappa shape index (κ2) is 6.74. The number of aromatic amines is 1. The summed E-state index contributed by atoms with van der Waals surface area (Å²) in [4.78, 5) is 14.8. The smallest absolute Gasteiger partial charge is 0.339 e. The molecule has 0 aromatic carbocycles. The van der Waals surface area contributed by atoms with Gasteiger partial charge >= 0.3 is 5.97 Å². The summed E-state index contributed by atoms with van der Waals surface area (Å²) in [6, 6.07) is 1.89. The number of carbonyl (C=O) groups is 1. The quantitative estimate of drug-likeness (QED) is 0.623. The van der Waals surface area contributed by atoms with E-state index in [0.29, 0.717) is 18.1 Å². The average Bonchev–Trinajstić information content (AvgIpc) is 2.68. The highest BCUT2D eigenvalue weighted by molar-refractivity contribution is 7.99. The van der Waals surface area contributed by atoms with Crippen LogP contribution in [0, 0.1) is 12.8 Å². The molecule has 0 fully saturated rings. The first-order valence-corrected chi connectivity index (χ1v) is 7.06. The van der Waals surface area contributed by atoms with Crippen LogP contribution in [0.3, 0.4) is 0 Å². The van der Waals surface area contributed by atoms with Crippen molar-refractivity contribution in [2.24, 2.45) is 5.92 Å². The Morgan fingerprint density at radius 1 is 1.53 bits per heavy atom. The third kappa shape index (κ3) is 4.11. The van der Waals surface area contributed by atoms with Crippen molar-refractivity contribution in [2.45, 2.75) is 39.1 Å². The van der Waals surface area contributed by atoms with E-state index >= 15 is 0 Å². The molecular weight excluding hydrogens is 234 g/mol. The molecule has 1 aromatic rings. The lowest BCUT2D eigenvalue weighted by molar-refractivity contribution is 0.0525. The van der Waals surface area contributed by atoms with Gasteiger partial charge in [-0.05, 0) is 25.8 Å². The number of ether oxygens (including phenoxy) is 1. The lowest BCUT2D eigenvalue weighted by Gasteiger charge is -2.05. The molecule has 0 radical (unpaired) electrons. The van der Waals surface area contributed by atoms with E-state index in [-0.39, 0.29) is 5.97 Å². The molecule has 1 unspecified atom stereocenters. The van der Waals surface area contributed by atoms with Crippen LogP contribution < -0.4 is 0 Å². The van der Waals surface area contributed by atoms with Gasteiger partial charge in [-0.25, -0.2) is 4.79 Å². The molecule has 1 aromatic heterocycles. The number of hydrogen-bond donors (Lipinski definition) is 1. The number of H-pyrrole nitrogens is 1. The van der Waals surface area contributed by atoms with Crippen molar-refractivity contribution in [1.29, 1.82) is 0 Å². The van der Waals surface area contributed by atoms with E-state index in [2.05, 4.69) is 18.8 Å². The lowest BCUT2D eigenvalue weighted by Crippen LogP contribution is -2.04. The summed E-state index contributed by atoms with van der Waals surface area (Å²) in [5, 5.41) is 1.05. The molecule has 96 valence electrons. The molecule has 17 heavy (non-hydrogen) atoms. The molecule has 4 heteroatoms. The maximum atomic E-state index is 11.6. The molecule has 0 amide bonds. The van der Waals surface area contributed by atoms with Crippen LogP contribution in [0.4, 0.5) is 0 Å². The van der Waals surface area contributed by atoms with Crippen LogP contribution in [0.5, 0.6) is 0 Å². The van der Waals surface area contributed by atoms with Gasteiger partial charge in [0.25, 0.3) is 0 Å². The van der Waals surface area contributed by atoms with Gasteiger partial charge < -0.3 is 9.72 Å². The second-order valence-corrected chi connectivity index (χ2v) is 5.28. The summed E-state index contributed by atoms with van der Waals surface area (Å²) >= 11 is 1.76. The van der Waals surface area contributed by atoms with Crippen LogP contribution >= 0.6 is 11.8 Å². The lowest BCUT2D eigenvalue weighted by atomic mass is 10.2. The van der Waals surface area contributed by atoms with E-state index in [1.165, 1.54) is 6.42 Å². The van der Waals surface area contributed by atoms with Gasteiger partial charge in [0.15, 0.2) is 0 Å². The minimum Gasteiger partial charge on any atom is -0.462 e. The van der Waals surface area contributed by atoms with Crippen molar-refractivity contribution in [3.63, 3.8) is 0 Å². The molecule has 0 aliphatic rings. The molecule has 0 aliphatic heterocycles. The fourth-order valence-electron chi connectivity index (χ4n) is 1.38. The Bertz CT molecular complexity index is 373. The third-order valence-electron chi connectivity index (χ3n) is 2.71. The summed E-state index contributed by atoms with van der Waals surface area (Å²) < 4.78 is 5.00. The molecule has 1 heterocycles. The zero-order chi connectivity index (χ0) is 12.8.